The highest BCUT2D eigenvalue weighted by atomic mass is 35.5. The van der Waals surface area contributed by atoms with Gasteiger partial charge in [0, 0.05) is 30.6 Å². The molecule has 8 nitrogen and oxygen atoms in total. The molecule has 1 aromatic carbocycles. The van der Waals surface area contributed by atoms with Crippen LogP contribution in [0.2, 0.25) is 0 Å². The number of benzene rings is 1. The van der Waals surface area contributed by atoms with E-state index in [0.717, 1.165) is 68.9 Å². The van der Waals surface area contributed by atoms with E-state index in [1.807, 2.05) is 18.2 Å². The van der Waals surface area contributed by atoms with Gasteiger partial charge in [-0.05, 0) is 69.0 Å². The molecule has 2 fully saturated rings. The van der Waals surface area contributed by atoms with Crippen molar-refractivity contribution in [2.75, 3.05) is 36.5 Å². The number of hydrogen-bond acceptors (Lipinski definition) is 7. The first-order chi connectivity index (χ1) is 14.8. The molecule has 9 heteroatoms. The molecule has 0 saturated carbocycles. The van der Waals surface area contributed by atoms with E-state index < -0.39 is 0 Å². The lowest BCUT2D eigenvalue weighted by atomic mass is 10.1. The van der Waals surface area contributed by atoms with Crippen LogP contribution in [0.1, 0.15) is 31.2 Å². The molecule has 3 aliphatic rings. The van der Waals surface area contributed by atoms with Gasteiger partial charge in [-0.2, -0.15) is 0 Å². The van der Waals surface area contributed by atoms with Crippen LogP contribution in [0.4, 0.5) is 17.2 Å². The van der Waals surface area contributed by atoms with Gasteiger partial charge in [-0.1, -0.05) is 0 Å². The molecule has 2 aromatic rings. The number of hydrogen-bond donors (Lipinski definition) is 2. The Kier molecular flexibility index (Phi) is 6.89. The van der Waals surface area contributed by atoms with E-state index >= 15 is 0 Å². The number of carbonyl (C=O) groups is 1. The highest BCUT2D eigenvalue weighted by molar-refractivity contribution is 5.94. The third-order valence-corrected chi connectivity index (χ3v) is 5.94. The predicted molar refractivity (Wildman–Crippen MR) is 121 cm³/mol. The number of fused-ring (bicyclic) bond motifs is 1. The third kappa shape index (κ3) is 4.92. The average Bonchev–Trinajstić information content (AvgIpc) is 3.45. The van der Waals surface area contributed by atoms with Crippen LogP contribution >= 0.6 is 12.4 Å². The number of nitrogens with zero attached hydrogens (tertiary/aromatic N) is 3. The van der Waals surface area contributed by atoms with Crippen LogP contribution in [0, 0.1) is 0 Å². The monoisotopic (exact) mass is 445 g/mol. The average molecular weight is 446 g/mol. The fraction of sp³-hybridized carbons (Fsp3) is 0.500. The summed E-state index contributed by atoms with van der Waals surface area (Å²) in [7, 11) is 0. The molecule has 2 N–H and O–H groups in total. The number of amides is 1. The van der Waals surface area contributed by atoms with E-state index in [4.69, 9.17) is 9.47 Å². The highest BCUT2D eigenvalue weighted by Crippen LogP contribution is 2.36. The number of piperidine rings is 1. The van der Waals surface area contributed by atoms with Gasteiger partial charge in [0.05, 0.1) is 0 Å². The predicted octanol–water partition coefficient (Wildman–Crippen LogP) is 2.84. The number of ether oxygens (including phenoxy) is 2. The molecule has 0 spiro atoms. The first-order valence-electron chi connectivity index (χ1n) is 10.8. The largest absolute Gasteiger partial charge is 0.474 e. The Labute approximate surface area is 188 Å². The van der Waals surface area contributed by atoms with Gasteiger partial charge >= 0.3 is 0 Å². The van der Waals surface area contributed by atoms with Crippen molar-refractivity contribution in [1.29, 1.82) is 0 Å². The fourth-order valence-electron chi connectivity index (χ4n) is 4.35. The maximum Gasteiger partial charge on any atom is 0.253 e. The Balaban J connectivity index is 0.00000231. The van der Waals surface area contributed by atoms with Gasteiger partial charge < -0.3 is 25.0 Å². The fourth-order valence-corrected chi connectivity index (χ4v) is 4.35. The lowest BCUT2D eigenvalue weighted by molar-refractivity contribution is -0.124. The minimum absolute atomic E-state index is 0. The summed E-state index contributed by atoms with van der Waals surface area (Å²) >= 11 is 0. The molecule has 0 bridgehead atoms. The smallest absolute Gasteiger partial charge is 0.253 e. The van der Waals surface area contributed by atoms with Crippen molar-refractivity contribution < 1.29 is 14.3 Å². The molecule has 3 aliphatic heterocycles. The minimum atomic E-state index is -0.325. The quantitative estimate of drug-likeness (QED) is 0.731. The Bertz CT molecular complexity index is 916. The summed E-state index contributed by atoms with van der Waals surface area (Å²) in [6.07, 6.45) is 6.06. The Hall–Kier alpha value is -2.42. The molecule has 1 atom stereocenters. The zero-order valence-electron chi connectivity index (χ0n) is 17.4. The standard InChI is InChI=1S/C22H27N5O3.ClH/c28-22(19-2-1-11-29-19)26-16-3-4-18-15(12-16)7-10-27(18)20-13-21(25-14-24-20)30-17-5-8-23-9-6-17;/h3-4,12-14,17,19,23H,1-2,5-11H2,(H,26,28);1H. The zero-order chi connectivity index (χ0) is 20.3. The van der Waals surface area contributed by atoms with Crippen molar-refractivity contribution in [3.05, 3.63) is 36.2 Å². The molecule has 1 amide bonds. The molecule has 0 aliphatic carbocycles. The van der Waals surface area contributed by atoms with Crippen molar-refractivity contribution in [1.82, 2.24) is 15.3 Å². The second kappa shape index (κ2) is 9.80. The van der Waals surface area contributed by atoms with Gasteiger partial charge in [-0.25, -0.2) is 9.97 Å². The SMILES string of the molecule is Cl.O=C(Nc1ccc2c(c1)CCN2c1cc(OC2CCNCC2)ncn1)C1CCCO1. The summed E-state index contributed by atoms with van der Waals surface area (Å²) in [6, 6.07) is 7.96. The molecule has 4 heterocycles. The van der Waals surface area contributed by atoms with Crippen LogP contribution < -0.4 is 20.3 Å². The number of nitrogens with one attached hydrogen (secondary N) is 2. The normalized spacial score (nSPS) is 20.8. The van der Waals surface area contributed by atoms with Crippen molar-refractivity contribution in [2.45, 2.75) is 44.3 Å². The Morgan fingerprint density at radius 1 is 1.19 bits per heavy atom. The van der Waals surface area contributed by atoms with E-state index in [1.165, 1.54) is 5.56 Å². The zero-order valence-corrected chi connectivity index (χ0v) is 18.2. The van der Waals surface area contributed by atoms with Crippen LogP contribution in [-0.2, 0) is 16.0 Å². The number of aromatic nitrogens is 2. The number of anilines is 3. The summed E-state index contributed by atoms with van der Waals surface area (Å²) in [5, 5.41) is 6.34. The second-order valence-electron chi connectivity index (χ2n) is 8.02. The Morgan fingerprint density at radius 3 is 2.87 bits per heavy atom. The maximum absolute atomic E-state index is 12.3. The van der Waals surface area contributed by atoms with Crippen molar-refractivity contribution >= 4 is 35.5 Å². The van der Waals surface area contributed by atoms with E-state index in [9.17, 15) is 4.79 Å². The minimum Gasteiger partial charge on any atom is -0.474 e. The lowest BCUT2D eigenvalue weighted by Crippen LogP contribution is -2.34. The molecule has 1 unspecified atom stereocenters. The number of carbonyl (C=O) groups excluding carboxylic acids is 1. The van der Waals surface area contributed by atoms with E-state index in [2.05, 4.69) is 31.6 Å². The van der Waals surface area contributed by atoms with Crippen LogP contribution in [0.5, 0.6) is 5.88 Å². The maximum atomic E-state index is 12.3. The summed E-state index contributed by atoms with van der Waals surface area (Å²) in [5.74, 6) is 1.41. The molecule has 166 valence electrons. The number of rotatable bonds is 5. The first kappa shape index (κ1) is 21.8. The molecular weight excluding hydrogens is 418 g/mol. The van der Waals surface area contributed by atoms with Crippen LogP contribution in [-0.4, -0.2) is 54.3 Å². The molecule has 2 saturated heterocycles. The molecular formula is C22H28ClN5O3. The highest BCUT2D eigenvalue weighted by Gasteiger charge is 2.26. The van der Waals surface area contributed by atoms with Gasteiger partial charge in [0.15, 0.2) is 0 Å². The van der Waals surface area contributed by atoms with Gasteiger partial charge in [0.2, 0.25) is 5.88 Å². The lowest BCUT2D eigenvalue weighted by Gasteiger charge is -2.24. The second-order valence-corrected chi connectivity index (χ2v) is 8.02. The van der Waals surface area contributed by atoms with Crippen molar-refractivity contribution in [2.24, 2.45) is 0 Å². The molecule has 31 heavy (non-hydrogen) atoms. The Morgan fingerprint density at radius 2 is 2.06 bits per heavy atom. The first-order valence-corrected chi connectivity index (χ1v) is 10.8. The van der Waals surface area contributed by atoms with Gasteiger partial charge in [-0.3, -0.25) is 4.79 Å². The van der Waals surface area contributed by atoms with Crippen molar-refractivity contribution in [3.8, 4) is 5.88 Å². The van der Waals surface area contributed by atoms with Gasteiger partial charge in [0.25, 0.3) is 5.91 Å². The summed E-state index contributed by atoms with van der Waals surface area (Å²) in [6.45, 7) is 3.46. The van der Waals surface area contributed by atoms with Crippen LogP contribution in [0.3, 0.4) is 0 Å². The third-order valence-electron chi connectivity index (χ3n) is 5.94. The van der Waals surface area contributed by atoms with E-state index in [1.54, 1.807) is 6.33 Å². The van der Waals surface area contributed by atoms with E-state index in [0.29, 0.717) is 12.5 Å². The molecule has 1 aromatic heterocycles. The molecule has 0 radical (unpaired) electrons. The summed E-state index contributed by atoms with van der Waals surface area (Å²) in [5.41, 5.74) is 3.12. The van der Waals surface area contributed by atoms with Crippen LogP contribution in [0.15, 0.2) is 30.6 Å². The summed E-state index contributed by atoms with van der Waals surface area (Å²) in [4.78, 5) is 23.3. The van der Waals surface area contributed by atoms with E-state index in [-0.39, 0.29) is 30.5 Å². The van der Waals surface area contributed by atoms with Gasteiger partial charge in [0.1, 0.15) is 24.4 Å². The summed E-state index contributed by atoms with van der Waals surface area (Å²) < 4.78 is 11.5. The topological polar surface area (TPSA) is 88.6 Å². The van der Waals surface area contributed by atoms with Gasteiger partial charge in [-0.15, -0.1) is 12.4 Å². The van der Waals surface area contributed by atoms with Crippen LogP contribution in [0.25, 0.3) is 0 Å². The number of halogens is 1. The molecule has 5 rings (SSSR count). The van der Waals surface area contributed by atoms with Crippen molar-refractivity contribution in [3.63, 3.8) is 0 Å².